The fraction of sp³-hybridized carbons (Fsp3) is 0.467. The molecule has 0 aromatic rings. The summed E-state index contributed by atoms with van der Waals surface area (Å²) < 4.78 is -2.77. The molecular formula is C15H22IKO5S99. The van der Waals surface area contributed by atoms with Gasteiger partial charge in [0.2, 0.25) is 0 Å². The van der Waals surface area contributed by atoms with Gasteiger partial charge in [-0.3, -0.25) is 9.59 Å². The summed E-state index contributed by atoms with van der Waals surface area (Å²) in [5.41, 5.74) is 0.431. The van der Waals surface area contributed by atoms with Crippen molar-refractivity contribution in [1.82, 2.24) is 0 Å². The van der Waals surface area contributed by atoms with Crippen LogP contribution < -0.4 is 51.4 Å². The van der Waals surface area contributed by atoms with Crippen molar-refractivity contribution < 1.29 is 76.3 Å². The monoisotopic (exact) mass is 3610 g/mol. The average molecular weight is 3620 g/mol. The first-order valence-electron chi connectivity index (χ1n) is 23.0. The molecule has 0 saturated carbocycles. The zero-order valence-electron chi connectivity index (χ0n) is 53.6. The number of carbonyl (C=O) groups is 2. The summed E-state index contributed by atoms with van der Waals surface area (Å²) in [5, 5.41) is -95.4. The summed E-state index contributed by atoms with van der Waals surface area (Å²) in [6.07, 6.45) is 5.31. The van der Waals surface area contributed by atoms with E-state index in [9.17, 15) is 14.7 Å². The number of ketones is 2. The molecule has 0 aromatic heterocycles. The van der Waals surface area contributed by atoms with Gasteiger partial charge in [0.15, 0.2) is 17.9 Å². The Bertz CT molecular complexity index is 8740. The minimum atomic E-state index is -4.21. The van der Waals surface area contributed by atoms with E-state index in [2.05, 4.69) is 0 Å². The fourth-order valence-electron chi connectivity index (χ4n) is 4.48. The van der Waals surface area contributed by atoms with Crippen LogP contribution in [0.5, 0.6) is 0 Å². The standard InChI is InChI=1S/C15H22O5.HIS99.K/c1-3-13(17)6-4-5-12(8-7-11(2)16)14(18)9-10-15(19)20;1-69(4,5)71(8,9)73(12,13)75(16,17)77(20,21)79(24,25)81(28,29)83(32,33)85(36,37)87(40,41)89(44,45)91(48,49)93(52,53)95(56,57)97(60,61)99(64,65)100(66,67)98(62,63)96(58,59)94(54,55)92(50,51)90(46,47)88(42,43)86(38,39)84(34,35)82(30,31)80(26,27)78(22,23)76(18,19)74(14,15)72(10,11)70(6,7)68(2)3;/h4-8,14-15,18-20H,3,9-10H2,1-2H3;(H,2,3);/q;;+1/p-1/b6-4+,8-7+,12-5+;;. The summed E-state index contributed by atoms with van der Waals surface area (Å²) in [5.74, 6) is -0.213. The van der Waals surface area contributed by atoms with E-state index < -0.39 is 185 Å². The number of aliphatic hydroxyl groups is 3. The van der Waals surface area contributed by atoms with E-state index in [0.29, 0.717) is 12.0 Å². The van der Waals surface area contributed by atoms with Crippen molar-refractivity contribution >= 4 is 944 Å². The van der Waals surface area contributed by atoms with Crippen LogP contribution in [0, 0.1) is 0 Å². The Morgan fingerprint density at radius 1 is 0.289 bits per heavy atom. The molecule has 0 heterocycles. The van der Waals surface area contributed by atoms with Gasteiger partial charge in [0.05, 0.1) is 6.10 Å². The molecule has 2 atom stereocenters. The molecule has 0 amide bonds. The third-order valence-electron chi connectivity index (χ3n) is 10.4. The quantitative estimate of drug-likeness (QED) is 0.00990. The summed E-state index contributed by atoms with van der Waals surface area (Å²) in [7, 11) is -1.60. The molecule has 0 aliphatic heterocycles. The first-order chi connectivity index (χ1) is 51.1. The third-order valence-corrected chi connectivity index (χ3v) is 651. The van der Waals surface area contributed by atoms with E-state index in [1.54, 1.807) is 28.1 Å². The molecule has 0 radical (unpaired) electrons. The first-order valence-corrected chi connectivity index (χ1v) is 157. The van der Waals surface area contributed by atoms with Crippen LogP contribution in [0.4, 0.5) is 0 Å². The minimum Gasteiger partial charge on any atom is -0.700 e. The predicted molar refractivity (Wildman–Crippen MR) is 819 cm³/mol. The number of allylic oxidation sites excluding steroid dienone is 4. The van der Waals surface area contributed by atoms with Crippen molar-refractivity contribution in [3.8, 4) is 0 Å². The second-order valence-electron chi connectivity index (χ2n) is 17.6. The van der Waals surface area contributed by atoms with Crippen LogP contribution >= 0.6 is 21.2 Å². The normalized spacial score (nSPS) is 16.6. The molecule has 714 valence electrons. The number of aliphatic hydroxyl groups excluding tert-OH is 2. The Morgan fingerprint density at radius 2 is 0.446 bits per heavy atom. The van der Waals surface area contributed by atoms with E-state index in [1.165, 1.54) is 37.3 Å². The zero-order chi connectivity index (χ0) is 99.1. The molecule has 0 rings (SSSR count). The molecule has 0 spiro atoms. The molecule has 0 aliphatic rings. The van der Waals surface area contributed by atoms with Gasteiger partial charge >= 0.3 is 51.4 Å². The summed E-state index contributed by atoms with van der Waals surface area (Å²) in [6, 6.07) is 0. The van der Waals surface area contributed by atoms with Gasteiger partial charge in [-0.05, 0) is 747 Å². The maximum Gasteiger partial charge on any atom is 1.00 e. The van der Waals surface area contributed by atoms with Crippen molar-refractivity contribution in [2.45, 2.75) is 45.5 Å². The van der Waals surface area contributed by atoms with Crippen LogP contribution in [0.1, 0.15) is 33.1 Å². The molecular weight excluding hydrogens is 3600 g/mol. The smallest absolute Gasteiger partial charge is 0.700 e. The van der Waals surface area contributed by atoms with Gasteiger partial charge in [-0.15, -0.1) is 0 Å². The zero-order valence-corrected chi connectivity index (χ0v) is 140. The van der Waals surface area contributed by atoms with Crippen molar-refractivity contribution in [3.05, 3.63) is 36.0 Å². The Balaban J connectivity index is -0.00000578. The SMILES string of the molecule is CCC(=O)/C=C/C=C(\C=C\C(C)=O)C(O)CCC(O)O.S=S([S-])S(=S)(=S)S(=S)(=S)S(=S)(=S)S(=S)(=S)S(=S)(=S)S(=S)(=S)S(=S)(=S)S(=S)(=S)S(=S)(=S)S(=S)(=S)S(=S)(=S)S(=S)(=S)S(=S)(=S)S(=S)(=S)S(=S)(=S)S(=S)(=S)S(=S)(=S)S(=S)(=S)S(=S)(=S)S(=S)(=S)S(=S)(=S)S(=S)(=S)S(=S)(=S)S(=S)(=S)S(=S)(=S)S(=S)(=S)S(=S)(=S)S(=S)(=S)S(=S)(=S)S(=S)(=S)S(=S)(=S)S(=S)(=S)I.[K+]. The van der Waals surface area contributed by atoms with E-state index in [0.717, 1.165) is 0 Å². The molecule has 5 nitrogen and oxygen atoms in total. The Morgan fingerprint density at radius 3 is 0.579 bits per heavy atom. The first kappa shape index (κ1) is 152. The summed E-state index contributed by atoms with van der Waals surface area (Å²) in [4.78, 5) is 22.0. The number of hydrogen-bond acceptors (Lipinski definition) is 71. The topological polar surface area (TPSA) is 94.8 Å². The minimum absolute atomic E-state index is 0. The molecule has 0 fully saturated rings. The van der Waals surface area contributed by atoms with Crippen molar-refractivity contribution in [1.29, 1.82) is 0 Å². The summed E-state index contributed by atoms with van der Waals surface area (Å²) in [6.45, 7) is 3.12. The van der Waals surface area contributed by atoms with Crippen LogP contribution in [0.3, 0.4) is 0 Å². The van der Waals surface area contributed by atoms with Crippen LogP contribution in [0.2, 0.25) is 0 Å². The van der Waals surface area contributed by atoms with Crippen LogP contribution in [0.25, 0.3) is 0 Å². The van der Waals surface area contributed by atoms with E-state index in [1.807, 2.05) is 0 Å². The molecule has 0 bridgehead atoms. The van der Waals surface area contributed by atoms with E-state index >= 15 is 0 Å². The van der Waals surface area contributed by atoms with Crippen molar-refractivity contribution in [2.75, 3.05) is 0 Å². The maximum atomic E-state index is 11.1. The van der Waals surface area contributed by atoms with E-state index in [-0.39, 0.29) is 75.8 Å². The van der Waals surface area contributed by atoms with Crippen molar-refractivity contribution in [2.24, 2.45) is 0 Å². The van der Waals surface area contributed by atoms with Gasteiger partial charge in [0.1, 0.15) is 0 Å². The molecule has 0 aromatic carbocycles. The molecule has 0 saturated heterocycles. The van der Waals surface area contributed by atoms with Gasteiger partial charge in [-0.2, -0.15) is 7.52 Å². The van der Waals surface area contributed by atoms with Crippen LogP contribution in [0.15, 0.2) is 36.0 Å². The molecule has 106 heteroatoms. The molecule has 121 heavy (non-hydrogen) atoms. The molecule has 0 aliphatic carbocycles. The van der Waals surface area contributed by atoms with Gasteiger partial charge in [-0.25, -0.2) is 0 Å². The number of carbonyl (C=O) groups excluding carboxylic acids is 2. The van der Waals surface area contributed by atoms with Gasteiger partial charge in [0, 0.05) is 199 Å². The van der Waals surface area contributed by atoms with Gasteiger partial charge in [-0.1, -0.05) is 36.3 Å². The maximum absolute atomic E-state index is 11.1. The second kappa shape index (κ2) is 52.2. The van der Waals surface area contributed by atoms with E-state index in [4.69, 9.17) is 749 Å². The Labute approximate surface area is 1070 Å². The van der Waals surface area contributed by atoms with Crippen LogP contribution in [-0.2, 0) is 921 Å². The third kappa shape index (κ3) is 27.7. The Hall–Kier alpha value is 27.0. The fourth-order valence-corrected chi connectivity index (χ4v) is 771. The largest absolute Gasteiger partial charge is 1.00 e. The second-order valence-corrected chi connectivity index (χ2v) is 368. The summed E-state index contributed by atoms with van der Waals surface area (Å²) >= 11 is 402. The average Bonchev–Trinajstić information content (AvgIpc) is 0.688. The molecule has 3 N–H and O–H groups in total. The molecule has 2 unspecified atom stereocenters. The number of rotatable bonds is 41. The van der Waals surface area contributed by atoms with Gasteiger partial charge in [0.25, 0.3) is 0 Å². The number of halogens is 1. The van der Waals surface area contributed by atoms with Crippen LogP contribution in [-0.4, -0.2) is 39.3 Å². The number of hydrogen-bond donors (Lipinski definition) is 3. The Kier molecular flexibility index (Phi) is 65.6. The predicted octanol–water partition coefficient (Wildman–Crippen LogP) is -1.30. The van der Waals surface area contributed by atoms with Gasteiger partial charge < -0.3 is 27.0 Å². The van der Waals surface area contributed by atoms with Crippen molar-refractivity contribution in [3.63, 3.8) is 0 Å².